The lowest BCUT2D eigenvalue weighted by molar-refractivity contribution is -0.161. The maximum atomic E-state index is 12.9. The molecule has 0 saturated carbocycles. The summed E-state index contributed by atoms with van der Waals surface area (Å²) < 4.78 is 67.5. The lowest BCUT2D eigenvalue weighted by Gasteiger charge is -2.21. The summed E-state index contributed by atoms with van der Waals surface area (Å²) in [4.78, 5) is 71.6. The van der Waals surface area contributed by atoms with Gasteiger partial charge < -0.3 is 33.8 Å². The lowest BCUT2D eigenvalue weighted by Crippen LogP contribution is -2.30. The van der Waals surface area contributed by atoms with Crippen LogP contribution in [0.5, 0.6) is 0 Å². The number of rotatable bonds is 58. The average Bonchev–Trinajstić information content (AvgIpc) is 3.39. The fraction of sp³-hybridized carbons (Fsp3) is 0.930. The van der Waals surface area contributed by atoms with Crippen LogP contribution in [-0.2, 0) is 65.4 Å². The lowest BCUT2D eigenvalue weighted by atomic mass is 10.1. The van der Waals surface area contributed by atoms with Gasteiger partial charge in [-0.2, -0.15) is 0 Å². The van der Waals surface area contributed by atoms with E-state index in [1.807, 2.05) is 0 Å². The van der Waals surface area contributed by atoms with E-state index in [1.54, 1.807) is 0 Å². The summed E-state index contributed by atoms with van der Waals surface area (Å²) in [6, 6.07) is 0. The van der Waals surface area contributed by atoms with Gasteiger partial charge in [-0.05, 0) is 25.7 Å². The zero-order valence-corrected chi connectivity index (χ0v) is 50.0. The number of aliphatic hydroxyl groups is 1. The summed E-state index contributed by atoms with van der Waals surface area (Å²) in [5.41, 5.74) is 0. The largest absolute Gasteiger partial charge is 0.472 e. The van der Waals surface area contributed by atoms with E-state index >= 15 is 0 Å². The fourth-order valence-electron chi connectivity index (χ4n) is 8.40. The number of hydrogen-bond acceptors (Lipinski definition) is 15. The Labute approximate surface area is 460 Å². The van der Waals surface area contributed by atoms with Gasteiger partial charge in [-0.3, -0.25) is 37.3 Å². The van der Waals surface area contributed by atoms with Crippen LogP contribution >= 0.6 is 15.6 Å². The molecule has 0 aromatic heterocycles. The number of hydrogen-bond donors (Lipinski definition) is 3. The standard InChI is InChI=1S/C57H110O17P2/c1-5-9-13-17-21-24-26-28-32-36-40-44-57(62)74-53(48-68-55(60)42-38-34-31-27-25-22-18-14-10-6-2)50-72-76(65,66)70-46-51(58)45-69-75(63,64)71-49-52(47-67-54(59)41-37-33-29-20-16-12-8-4)73-56(61)43-39-35-30-23-19-15-11-7-3/h51-53,58H,5-50H2,1-4H3,(H,63,64)(H,65,66)/t51-,52+,53+/m0/s1. The van der Waals surface area contributed by atoms with Crippen molar-refractivity contribution in [2.24, 2.45) is 0 Å². The van der Waals surface area contributed by atoms with Crippen LogP contribution in [0.2, 0.25) is 0 Å². The second kappa shape index (κ2) is 52.4. The maximum Gasteiger partial charge on any atom is 0.472 e. The van der Waals surface area contributed by atoms with Crippen LogP contribution in [0.4, 0.5) is 0 Å². The van der Waals surface area contributed by atoms with Crippen molar-refractivity contribution >= 4 is 39.5 Å². The van der Waals surface area contributed by atoms with Gasteiger partial charge in [0.25, 0.3) is 0 Å². The number of esters is 4. The summed E-state index contributed by atoms with van der Waals surface area (Å²) in [7, 11) is -9.86. The molecule has 0 spiro atoms. The Bertz CT molecular complexity index is 1490. The highest BCUT2D eigenvalue weighted by Crippen LogP contribution is 2.45. The molecule has 5 atom stereocenters. The molecule has 17 nitrogen and oxygen atoms in total. The minimum atomic E-state index is -4.93. The van der Waals surface area contributed by atoms with Crippen LogP contribution in [0.3, 0.4) is 0 Å². The molecule has 0 aromatic rings. The first-order chi connectivity index (χ1) is 36.7. The van der Waals surface area contributed by atoms with Crippen molar-refractivity contribution in [3.8, 4) is 0 Å². The van der Waals surface area contributed by atoms with E-state index < -0.39 is 97.5 Å². The minimum Gasteiger partial charge on any atom is -0.462 e. The van der Waals surface area contributed by atoms with Crippen molar-refractivity contribution in [1.29, 1.82) is 0 Å². The molecule has 0 bridgehead atoms. The Hall–Kier alpha value is -1.94. The van der Waals surface area contributed by atoms with Crippen LogP contribution in [0.1, 0.15) is 285 Å². The zero-order valence-electron chi connectivity index (χ0n) is 48.2. The topological polar surface area (TPSA) is 237 Å². The van der Waals surface area contributed by atoms with E-state index in [0.29, 0.717) is 25.7 Å². The fourth-order valence-corrected chi connectivity index (χ4v) is 9.98. The molecular formula is C57H110O17P2. The van der Waals surface area contributed by atoms with Gasteiger partial charge in [0, 0.05) is 25.7 Å². The van der Waals surface area contributed by atoms with Crippen molar-refractivity contribution in [3.63, 3.8) is 0 Å². The second-order valence-electron chi connectivity index (χ2n) is 20.7. The Kier molecular flexibility index (Phi) is 51.1. The Balaban J connectivity index is 5.20. The molecule has 0 saturated heterocycles. The normalized spacial score (nSPS) is 14.4. The summed E-state index contributed by atoms with van der Waals surface area (Å²) in [6.45, 7) is 4.76. The van der Waals surface area contributed by atoms with Crippen molar-refractivity contribution in [3.05, 3.63) is 0 Å². The van der Waals surface area contributed by atoms with E-state index in [1.165, 1.54) is 96.3 Å². The molecule has 0 aliphatic heterocycles. The Morgan fingerprint density at radius 3 is 0.776 bits per heavy atom. The molecule has 0 aliphatic carbocycles. The second-order valence-corrected chi connectivity index (χ2v) is 23.6. The molecule has 3 N–H and O–H groups in total. The first-order valence-electron chi connectivity index (χ1n) is 30.3. The van der Waals surface area contributed by atoms with Crippen LogP contribution in [0.15, 0.2) is 0 Å². The van der Waals surface area contributed by atoms with E-state index in [-0.39, 0.29) is 25.7 Å². The van der Waals surface area contributed by atoms with Crippen molar-refractivity contribution in [1.82, 2.24) is 0 Å². The first-order valence-corrected chi connectivity index (χ1v) is 33.3. The molecule has 2 unspecified atom stereocenters. The van der Waals surface area contributed by atoms with Crippen LogP contribution in [0.25, 0.3) is 0 Å². The SMILES string of the molecule is CCCCCCCCCCCCCC(=O)O[C@H](COC(=O)CCCCCCCCCCCC)COP(=O)(O)OC[C@@H](O)COP(=O)(O)OC[C@@H](COC(=O)CCCCCCCCC)OC(=O)CCCCCCCCCC. The summed E-state index contributed by atoms with van der Waals surface area (Å²) in [5.74, 6) is -2.15. The van der Waals surface area contributed by atoms with Gasteiger partial charge >= 0.3 is 39.5 Å². The Morgan fingerprint density at radius 1 is 0.316 bits per heavy atom. The van der Waals surface area contributed by atoms with Gasteiger partial charge in [0.15, 0.2) is 12.2 Å². The van der Waals surface area contributed by atoms with Crippen LogP contribution < -0.4 is 0 Å². The average molecular weight is 1130 g/mol. The highest BCUT2D eigenvalue weighted by atomic mass is 31.2. The molecule has 0 fully saturated rings. The Morgan fingerprint density at radius 2 is 0.526 bits per heavy atom. The minimum absolute atomic E-state index is 0.105. The third-order valence-corrected chi connectivity index (χ3v) is 15.0. The summed E-state index contributed by atoms with van der Waals surface area (Å²) >= 11 is 0. The van der Waals surface area contributed by atoms with Crippen LogP contribution in [-0.4, -0.2) is 96.7 Å². The van der Waals surface area contributed by atoms with E-state index in [4.69, 9.17) is 37.0 Å². The van der Waals surface area contributed by atoms with Crippen molar-refractivity contribution in [2.45, 2.75) is 303 Å². The smallest absolute Gasteiger partial charge is 0.462 e. The molecular weight excluding hydrogens is 1020 g/mol. The number of phosphoric acid groups is 2. The highest BCUT2D eigenvalue weighted by Gasteiger charge is 2.30. The zero-order chi connectivity index (χ0) is 56.2. The number of aliphatic hydroxyl groups excluding tert-OH is 1. The van der Waals surface area contributed by atoms with Crippen LogP contribution in [0, 0.1) is 0 Å². The molecule has 0 rings (SSSR count). The third kappa shape index (κ3) is 51.5. The van der Waals surface area contributed by atoms with Gasteiger partial charge in [0.1, 0.15) is 19.3 Å². The quantitative estimate of drug-likeness (QED) is 0.0222. The molecule has 0 aliphatic rings. The number of carbonyl (C=O) groups excluding carboxylic acids is 4. The van der Waals surface area contributed by atoms with Crippen molar-refractivity contribution < 1.29 is 80.2 Å². The predicted octanol–water partition coefficient (Wildman–Crippen LogP) is 15.2. The van der Waals surface area contributed by atoms with E-state index in [9.17, 15) is 43.2 Å². The number of phosphoric ester groups is 2. The van der Waals surface area contributed by atoms with Crippen molar-refractivity contribution in [2.75, 3.05) is 39.6 Å². The molecule has 76 heavy (non-hydrogen) atoms. The molecule has 0 amide bonds. The third-order valence-electron chi connectivity index (χ3n) is 13.1. The van der Waals surface area contributed by atoms with E-state index in [2.05, 4.69) is 27.7 Å². The monoisotopic (exact) mass is 1130 g/mol. The van der Waals surface area contributed by atoms with Gasteiger partial charge in [-0.15, -0.1) is 0 Å². The molecule has 19 heteroatoms. The molecule has 0 heterocycles. The highest BCUT2D eigenvalue weighted by molar-refractivity contribution is 7.47. The first kappa shape index (κ1) is 74.1. The van der Waals surface area contributed by atoms with Gasteiger partial charge in [-0.1, -0.05) is 233 Å². The predicted molar refractivity (Wildman–Crippen MR) is 299 cm³/mol. The number of carbonyl (C=O) groups is 4. The summed E-state index contributed by atoms with van der Waals surface area (Å²) in [6.07, 6.45) is 34.9. The molecule has 0 radical (unpaired) electrons. The van der Waals surface area contributed by atoms with Gasteiger partial charge in [0.2, 0.25) is 0 Å². The van der Waals surface area contributed by atoms with E-state index in [0.717, 1.165) is 109 Å². The number of unbranched alkanes of at least 4 members (excludes halogenated alkanes) is 32. The molecule has 450 valence electrons. The number of ether oxygens (including phenoxy) is 4. The maximum absolute atomic E-state index is 12.9. The molecule has 0 aromatic carbocycles. The van der Waals surface area contributed by atoms with Gasteiger partial charge in [0.05, 0.1) is 26.4 Å². The van der Waals surface area contributed by atoms with Gasteiger partial charge in [-0.25, -0.2) is 9.13 Å². The summed E-state index contributed by atoms with van der Waals surface area (Å²) in [5, 5.41) is 10.5.